The second-order valence-electron chi connectivity index (χ2n) is 8.84. The Labute approximate surface area is 164 Å². The van der Waals surface area contributed by atoms with Gasteiger partial charge < -0.3 is 9.47 Å². The SMILES string of the molecule is C=CCOC(=O)C(C)(C)CCN1OCC2C1C(F)(F)CN2C(=O)OC(C)(C)C. The fourth-order valence-corrected chi connectivity index (χ4v) is 3.27. The zero-order chi connectivity index (χ0) is 21.3. The van der Waals surface area contributed by atoms with E-state index in [0.717, 1.165) is 4.90 Å². The first kappa shape index (κ1) is 22.5. The first-order valence-electron chi connectivity index (χ1n) is 9.33. The number of likely N-dealkylation sites (tertiary alicyclic amines) is 1. The Morgan fingerprint density at radius 2 is 1.93 bits per heavy atom. The van der Waals surface area contributed by atoms with Crippen LogP contribution in [0.5, 0.6) is 0 Å². The van der Waals surface area contributed by atoms with Crippen molar-refractivity contribution in [1.29, 1.82) is 0 Å². The van der Waals surface area contributed by atoms with E-state index >= 15 is 0 Å². The number of halogens is 2. The van der Waals surface area contributed by atoms with Crippen LogP contribution in [-0.4, -0.2) is 71.9 Å². The van der Waals surface area contributed by atoms with Crippen molar-refractivity contribution < 1.29 is 32.7 Å². The van der Waals surface area contributed by atoms with Gasteiger partial charge in [-0.2, -0.15) is 5.06 Å². The summed E-state index contributed by atoms with van der Waals surface area (Å²) in [7, 11) is 0. The van der Waals surface area contributed by atoms with Crippen LogP contribution >= 0.6 is 0 Å². The van der Waals surface area contributed by atoms with Gasteiger partial charge in [-0.3, -0.25) is 14.5 Å². The lowest BCUT2D eigenvalue weighted by Gasteiger charge is -2.29. The topological polar surface area (TPSA) is 68.3 Å². The summed E-state index contributed by atoms with van der Waals surface area (Å²) in [6.07, 6.45) is 0.944. The summed E-state index contributed by atoms with van der Waals surface area (Å²) in [5, 5.41) is 1.19. The Kier molecular flexibility index (Phi) is 6.40. The van der Waals surface area contributed by atoms with Gasteiger partial charge >= 0.3 is 12.1 Å². The van der Waals surface area contributed by atoms with Crippen LogP contribution in [0.15, 0.2) is 12.7 Å². The number of hydrogen-bond donors (Lipinski definition) is 0. The van der Waals surface area contributed by atoms with Crippen LogP contribution in [-0.2, 0) is 19.1 Å². The minimum Gasteiger partial charge on any atom is -0.461 e. The summed E-state index contributed by atoms with van der Waals surface area (Å²) in [5.41, 5.74) is -1.65. The molecule has 2 saturated heterocycles. The number of hydroxylamine groups is 2. The average Bonchev–Trinajstić information content (AvgIpc) is 3.09. The minimum absolute atomic E-state index is 0.0408. The van der Waals surface area contributed by atoms with E-state index in [-0.39, 0.29) is 26.2 Å². The molecule has 0 spiro atoms. The molecule has 2 unspecified atom stereocenters. The smallest absolute Gasteiger partial charge is 0.410 e. The molecule has 2 fully saturated rings. The van der Waals surface area contributed by atoms with Gasteiger partial charge in [-0.15, -0.1) is 0 Å². The summed E-state index contributed by atoms with van der Waals surface area (Å²) in [6, 6.07) is -2.08. The molecule has 0 aromatic rings. The number of rotatable bonds is 6. The number of alkyl halides is 2. The van der Waals surface area contributed by atoms with Crippen LogP contribution < -0.4 is 0 Å². The maximum absolute atomic E-state index is 14.7. The lowest BCUT2D eigenvalue weighted by molar-refractivity contribution is -0.186. The molecule has 0 N–H and O–H groups in total. The van der Waals surface area contributed by atoms with Crippen molar-refractivity contribution in [2.75, 3.05) is 26.3 Å². The zero-order valence-corrected chi connectivity index (χ0v) is 17.2. The van der Waals surface area contributed by atoms with Gasteiger partial charge in [-0.05, 0) is 41.0 Å². The highest BCUT2D eigenvalue weighted by Crippen LogP contribution is 2.41. The van der Waals surface area contributed by atoms with Crippen molar-refractivity contribution in [2.24, 2.45) is 5.41 Å². The second kappa shape index (κ2) is 7.94. The number of nitrogens with zero attached hydrogens (tertiary/aromatic N) is 2. The molecule has 7 nitrogen and oxygen atoms in total. The molecule has 0 aliphatic carbocycles. The van der Waals surface area contributed by atoms with Crippen molar-refractivity contribution in [1.82, 2.24) is 9.96 Å². The predicted octanol–water partition coefficient (Wildman–Crippen LogP) is 3.00. The third-order valence-electron chi connectivity index (χ3n) is 4.77. The number of hydrogen-bond acceptors (Lipinski definition) is 6. The molecule has 9 heteroatoms. The Morgan fingerprint density at radius 3 is 2.50 bits per heavy atom. The lowest BCUT2D eigenvalue weighted by atomic mass is 9.89. The maximum atomic E-state index is 14.7. The van der Waals surface area contributed by atoms with Crippen LogP contribution in [0, 0.1) is 5.41 Å². The molecular weight excluding hydrogens is 374 g/mol. The van der Waals surface area contributed by atoms with Gasteiger partial charge in [0.2, 0.25) is 0 Å². The first-order valence-corrected chi connectivity index (χ1v) is 9.33. The molecule has 2 aliphatic rings. The van der Waals surface area contributed by atoms with Gasteiger partial charge in [0, 0.05) is 6.54 Å². The Morgan fingerprint density at radius 1 is 1.29 bits per heavy atom. The molecule has 1 amide bonds. The number of fused-ring (bicyclic) bond motifs is 1. The molecule has 0 radical (unpaired) electrons. The number of carbonyl (C=O) groups is 2. The van der Waals surface area contributed by atoms with E-state index in [1.165, 1.54) is 11.1 Å². The molecule has 2 heterocycles. The van der Waals surface area contributed by atoms with Gasteiger partial charge in [0.25, 0.3) is 5.92 Å². The van der Waals surface area contributed by atoms with Crippen LogP contribution in [0.3, 0.4) is 0 Å². The van der Waals surface area contributed by atoms with E-state index in [4.69, 9.17) is 14.3 Å². The molecule has 0 bridgehead atoms. The van der Waals surface area contributed by atoms with Gasteiger partial charge in [0.05, 0.1) is 24.6 Å². The van der Waals surface area contributed by atoms with Crippen molar-refractivity contribution in [3.63, 3.8) is 0 Å². The van der Waals surface area contributed by atoms with E-state index < -0.39 is 47.6 Å². The molecule has 28 heavy (non-hydrogen) atoms. The predicted molar refractivity (Wildman–Crippen MR) is 97.7 cm³/mol. The molecule has 2 aliphatic heterocycles. The van der Waals surface area contributed by atoms with Crippen molar-refractivity contribution in [2.45, 2.75) is 64.6 Å². The highest BCUT2D eigenvalue weighted by molar-refractivity contribution is 5.76. The number of amides is 1. The molecular formula is C19H30F2N2O5. The number of carbonyl (C=O) groups excluding carboxylic acids is 2. The summed E-state index contributed by atoms with van der Waals surface area (Å²) in [6.45, 7) is 11.3. The van der Waals surface area contributed by atoms with Crippen LogP contribution in [0.4, 0.5) is 13.6 Å². The van der Waals surface area contributed by atoms with Gasteiger partial charge in [0.15, 0.2) is 0 Å². The highest BCUT2D eigenvalue weighted by atomic mass is 19.3. The molecule has 160 valence electrons. The molecule has 0 aromatic heterocycles. The third kappa shape index (κ3) is 5.00. The van der Waals surface area contributed by atoms with Crippen LogP contribution in [0.2, 0.25) is 0 Å². The molecule has 0 saturated carbocycles. The summed E-state index contributed by atoms with van der Waals surface area (Å²) >= 11 is 0. The Balaban J connectivity index is 2.03. The van der Waals surface area contributed by atoms with Crippen molar-refractivity contribution in [3.8, 4) is 0 Å². The number of ether oxygens (including phenoxy) is 2. The Hall–Kier alpha value is -1.74. The van der Waals surface area contributed by atoms with Crippen molar-refractivity contribution in [3.05, 3.63) is 12.7 Å². The van der Waals surface area contributed by atoms with E-state index in [1.807, 2.05) is 0 Å². The lowest BCUT2D eigenvalue weighted by Crippen LogP contribution is -2.46. The largest absolute Gasteiger partial charge is 0.461 e. The van der Waals surface area contributed by atoms with Crippen molar-refractivity contribution >= 4 is 12.1 Å². The summed E-state index contributed by atoms with van der Waals surface area (Å²) < 4.78 is 39.6. The molecule has 0 aromatic carbocycles. The zero-order valence-electron chi connectivity index (χ0n) is 17.2. The van der Waals surface area contributed by atoms with Gasteiger partial charge in [0.1, 0.15) is 18.2 Å². The van der Waals surface area contributed by atoms with E-state index in [9.17, 15) is 18.4 Å². The summed E-state index contributed by atoms with van der Waals surface area (Å²) in [4.78, 5) is 30.9. The van der Waals surface area contributed by atoms with E-state index in [0.29, 0.717) is 0 Å². The van der Waals surface area contributed by atoms with Crippen LogP contribution in [0.25, 0.3) is 0 Å². The normalized spacial score (nSPS) is 24.8. The minimum atomic E-state index is -3.15. The van der Waals surface area contributed by atoms with Gasteiger partial charge in [-0.1, -0.05) is 12.7 Å². The quantitative estimate of drug-likeness (QED) is 0.501. The standard InChI is InChI=1S/C19H30F2N2O5/c1-7-10-26-15(24)18(5,6)8-9-23-14-13(11-27-23)22(12-19(14,20)21)16(25)28-17(2,3)4/h7,13-14H,1,8-12H2,2-6H3. The fraction of sp³-hybridized carbons (Fsp3) is 0.789. The number of esters is 1. The molecule has 2 rings (SSSR count). The molecule has 2 atom stereocenters. The first-order chi connectivity index (χ1) is 12.8. The maximum Gasteiger partial charge on any atom is 0.410 e. The fourth-order valence-electron chi connectivity index (χ4n) is 3.27. The monoisotopic (exact) mass is 404 g/mol. The van der Waals surface area contributed by atoms with E-state index in [2.05, 4.69) is 6.58 Å². The summed E-state index contributed by atoms with van der Waals surface area (Å²) in [5.74, 6) is -3.58. The second-order valence-corrected chi connectivity index (χ2v) is 8.84. The highest BCUT2D eigenvalue weighted by Gasteiger charge is 2.62. The Bertz CT molecular complexity index is 618. The van der Waals surface area contributed by atoms with Gasteiger partial charge in [-0.25, -0.2) is 13.6 Å². The average molecular weight is 404 g/mol. The van der Waals surface area contributed by atoms with Crippen LogP contribution in [0.1, 0.15) is 41.0 Å². The third-order valence-corrected chi connectivity index (χ3v) is 4.77. The van der Waals surface area contributed by atoms with E-state index in [1.54, 1.807) is 34.6 Å².